The molecule has 0 spiro atoms. The van der Waals surface area contributed by atoms with Crippen LogP contribution in [0.2, 0.25) is 0 Å². The summed E-state index contributed by atoms with van der Waals surface area (Å²) in [7, 11) is 3.32. The third-order valence-corrected chi connectivity index (χ3v) is 5.84. The van der Waals surface area contributed by atoms with E-state index in [1.165, 1.54) is 11.1 Å². The van der Waals surface area contributed by atoms with E-state index in [9.17, 15) is 0 Å². The third kappa shape index (κ3) is 4.76. The zero-order valence-electron chi connectivity index (χ0n) is 19.3. The molecule has 4 nitrogen and oxygen atoms in total. The van der Waals surface area contributed by atoms with Crippen molar-refractivity contribution in [3.05, 3.63) is 107 Å². The van der Waals surface area contributed by atoms with Crippen LogP contribution in [0, 0.1) is 0 Å². The molecule has 0 amide bonds. The molecule has 0 N–H and O–H groups in total. The van der Waals surface area contributed by atoms with Crippen LogP contribution in [0.5, 0.6) is 34.5 Å². The topological polar surface area (TPSA) is 36.9 Å². The second-order valence-corrected chi connectivity index (χ2v) is 8.12. The molecule has 34 heavy (non-hydrogen) atoms. The van der Waals surface area contributed by atoms with Gasteiger partial charge in [-0.05, 0) is 72.0 Å². The summed E-state index contributed by atoms with van der Waals surface area (Å²) in [5, 5.41) is 0. The fourth-order valence-electron chi connectivity index (χ4n) is 4.02. The molecule has 0 unspecified atom stereocenters. The Bertz CT molecular complexity index is 1320. The van der Waals surface area contributed by atoms with Gasteiger partial charge in [-0.2, -0.15) is 0 Å². The van der Waals surface area contributed by atoms with Gasteiger partial charge in [0.15, 0.2) is 23.0 Å². The Morgan fingerprint density at radius 2 is 1.38 bits per heavy atom. The molecule has 0 atom stereocenters. The highest BCUT2D eigenvalue weighted by molar-refractivity contribution is 5.74. The van der Waals surface area contributed by atoms with Crippen molar-refractivity contribution in [3.8, 4) is 34.5 Å². The number of methoxy groups -OCH3 is 2. The predicted octanol–water partition coefficient (Wildman–Crippen LogP) is 7.56. The molecule has 2 heterocycles. The van der Waals surface area contributed by atoms with Gasteiger partial charge in [0.25, 0.3) is 0 Å². The van der Waals surface area contributed by atoms with Crippen LogP contribution in [-0.4, -0.2) is 14.2 Å². The van der Waals surface area contributed by atoms with Crippen LogP contribution in [0.1, 0.15) is 22.3 Å². The zero-order valence-corrected chi connectivity index (χ0v) is 19.3. The Balaban J connectivity index is 1.59. The van der Waals surface area contributed by atoms with Gasteiger partial charge in [0.05, 0.1) is 14.2 Å². The first-order valence-electron chi connectivity index (χ1n) is 11.3. The summed E-state index contributed by atoms with van der Waals surface area (Å²) in [6.07, 6.45) is 5.82. The lowest BCUT2D eigenvalue weighted by atomic mass is 10.0. The third-order valence-electron chi connectivity index (χ3n) is 5.84. The number of hydrogen-bond donors (Lipinski definition) is 0. The van der Waals surface area contributed by atoms with Crippen LogP contribution in [0.4, 0.5) is 0 Å². The summed E-state index contributed by atoms with van der Waals surface area (Å²) in [6, 6.07) is 28.2. The lowest BCUT2D eigenvalue weighted by Crippen LogP contribution is -1.97. The van der Waals surface area contributed by atoms with Crippen molar-refractivity contribution in [3.63, 3.8) is 0 Å². The van der Waals surface area contributed by atoms with E-state index in [1.807, 2.05) is 72.8 Å². The summed E-state index contributed by atoms with van der Waals surface area (Å²) < 4.78 is 23.7. The molecule has 4 heteroatoms. The van der Waals surface area contributed by atoms with E-state index in [0.717, 1.165) is 35.5 Å². The maximum absolute atomic E-state index is 6.36. The molecule has 6 rings (SSSR count). The Hall–Kier alpha value is -4.18. The fraction of sp³-hybridized carbons (Fsp3) is 0.133. The standard InChI is InChI=1S/C30H26O4/c1-31-27-18-14-23-10-9-22-5-3-7-26(19-22)34-30-24(6-4-8-28(30)32-2)15-11-21-12-16-25(17-13-21)33-29(27)20-23/h3-8,11-20H,9-10H2,1-2H3/b15-11+. The second-order valence-electron chi connectivity index (χ2n) is 8.12. The largest absolute Gasteiger partial charge is 0.493 e. The van der Waals surface area contributed by atoms with Crippen molar-refractivity contribution in [1.29, 1.82) is 0 Å². The Morgan fingerprint density at radius 1 is 0.618 bits per heavy atom. The smallest absolute Gasteiger partial charge is 0.176 e. The molecular weight excluding hydrogens is 424 g/mol. The van der Waals surface area contributed by atoms with Crippen LogP contribution in [0.15, 0.2) is 84.9 Å². The van der Waals surface area contributed by atoms with Crippen LogP contribution in [0.3, 0.4) is 0 Å². The van der Waals surface area contributed by atoms with E-state index in [4.69, 9.17) is 18.9 Å². The molecule has 0 fully saturated rings. The first kappa shape index (κ1) is 21.7. The van der Waals surface area contributed by atoms with Gasteiger partial charge in [-0.15, -0.1) is 0 Å². The molecule has 0 saturated heterocycles. The van der Waals surface area contributed by atoms with Crippen molar-refractivity contribution >= 4 is 12.2 Å². The highest BCUT2D eigenvalue weighted by atomic mass is 16.5. The SMILES string of the molecule is COc1ccc2cc1Oc1ccc(cc1)/C=C/c1cccc(OC)c1Oc1cccc(c1)CC2. The fourth-order valence-corrected chi connectivity index (χ4v) is 4.02. The van der Waals surface area contributed by atoms with Gasteiger partial charge in [0, 0.05) is 5.56 Å². The van der Waals surface area contributed by atoms with Crippen LogP contribution >= 0.6 is 0 Å². The van der Waals surface area contributed by atoms with Gasteiger partial charge in [0.1, 0.15) is 11.5 Å². The molecule has 0 saturated carbocycles. The number of rotatable bonds is 2. The molecule has 6 bridgehead atoms. The summed E-state index contributed by atoms with van der Waals surface area (Å²) >= 11 is 0. The van der Waals surface area contributed by atoms with Gasteiger partial charge in [-0.1, -0.05) is 54.6 Å². The monoisotopic (exact) mass is 450 g/mol. The first-order valence-corrected chi connectivity index (χ1v) is 11.3. The lowest BCUT2D eigenvalue weighted by Gasteiger charge is -2.15. The van der Waals surface area contributed by atoms with Crippen LogP contribution in [0.25, 0.3) is 12.2 Å². The van der Waals surface area contributed by atoms with E-state index < -0.39 is 0 Å². The molecule has 0 aliphatic carbocycles. The van der Waals surface area contributed by atoms with Crippen LogP contribution < -0.4 is 18.9 Å². The minimum absolute atomic E-state index is 0.691. The van der Waals surface area contributed by atoms with E-state index in [0.29, 0.717) is 23.0 Å². The molecule has 4 aromatic rings. The van der Waals surface area contributed by atoms with Crippen molar-refractivity contribution in [2.24, 2.45) is 0 Å². The lowest BCUT2D eigenvalue weighted by molar-refractivity contribution is 0.378. The molecule has 170 valence electrons. The van der Waals surface area contributed by atoms with E-state index in [1.54, 1.807) is 14.2 Å². The van der Waals surface area contributed by atoms with Crippen molar-refractivity contribution in [2.45, 2.75) is 12.8 Å². The van der Waals surface area contributed by atoms with Crippen LogP contribution in [-0.2, 0) is 12.8 Å². The average molecular weight is 451 g/mol. The number of fused-ring (bicyclic) bond motifs is 3. The summed E-state index contributed by atoms with van der Waals surface area (Å²) in [5.41, 5.74) is 4.35. The minimum Gasteiger partial charge on any atom is -0.493 e. The van der Waals surface area contributed by atoms with Gasteiger partial charge < -0.3 is 18.9 Å². The Labute approximate surface area is 200 Å². The minimum atomic E-state index is 0.691. The molecule has 0 aromatic heterocycles. The quantitative estimate of drug-likeness (QED) is 0.316. The molecule has 4 aromatic carbocycles. The molecular formula is C30H26O4. The number of para-hydroxylation sites is 1. The predicted molar refractivity (Wildman–Crippen MR) is 135 cm³/mol. The normalized spacial score (nSPS) is 13.5. The Morgan fingerprint density at radius 3 is 2.18 bits per heavy atom. The van der Waals surface area contributed by atoms with Gasteiger partial charge in [-0.25, -0.2) is 0 Å². The van der Waals surface area contributed by atoms with Crippen molar-refractivity contribution < 1.29 is 18.9 Å². The highest BCUT2D eigenvalue weighted by Gasteiger charge is 2.12. The van der Waals surface area contributed by atoms with Gasteiger partial charge in [0.2, 0.25) is 0 Å². The number of hydrogen-bond acceptors (Lipinski definition) is 4. The van der Waals surface area contributed by atoms with Crippen molar-refractivity contribution in [2.75, 3.05) is 14.2 Å². The number of aryl methyl sites for hydroxylation is 2. The zero-order chi connectivity index (χ0) is 23.3. The van der Waals surface area contributed by atoms with Gasteiger partial charge >= 0.3 is 0 Å². The number of ether oxygens (including phenoxy) is 4. The number of benzene rings is 4. The Kier molecular flexibility index (Phi) is 6.21. The summed E-state index contributed by atoms with van der Waals surface area (Å²) in [4.78, 5) is 0. The average Bonchev–Trinajstić information content (AvgIpc) is 2.87. The van der Waals surface area contributed by atoms with E-state index in [-0.39, 0.29) is 0 Å². The first-order chi connectivity index (χ1) is 16.7. The molecule has 2 aliphatic heterocycles. The maximum atomic E-state index is 6.36. The molecule has 2 aliphatic rings. The van der Waals surface area contributed by atoms with Gasteiger partial charge in [-0.3, -0.25) is 0 Å². The second kappa shape index (κ2) is 9.75. The van der Waals surface area contributed by atoms with E-state index >= 15 is 0 Å². The summed E-state index contributed by atoms with van der Waals surface area (Å²) in [6.45, 7) is 0. The highest BCUT2D eigenvalue weighted by Crippen LogP contribution is 2.37. The van der Waals surface area contributed by atoms with E-state index in [2.05, 4.69) is 24.3 Å². The maximum Gasteiger partial charge on any atom is 0.176 e. The summed E-state index contributed by atoms with van der Waals surface area (Å²) in [5.74, 6) is 4.34. The van der Waals surface area contributed by atoms with Crippen molar-refractivity contribution in [1.82, 2.24) is 0 Å². The molecule has 0 radical (unpaired) electrons.